The number of hydrogen-bond donors (Lipinski definition) is 2. The number of halogens is 3. The molecule has 0 aliphatic heterocycles. The van der Waals surface area contributed by atoms with E-state index in [1.54, 1.807) is 24.3 Å². The molecule has 152 valence electrons. The van der Waals surface area contributed by atoms with Gasteiger partial charge in [-0.3, -0.25) is 4.79 Å². The van der Waals surface area contributed by atoms with Crippen molar-refractivity contribution in [3.63, 3.8) is 0 Å². The van der Waals surface area contributed by atoms with Crippen LogP contribution >= 0.6 is 0 Å². The molecule has 28 heavy (non-hydrogen) atoms. The van der Waals surface area contributed by atoms with E-state index in [4.69, 9.17) is 0 Å². The average molecular weight is 393 g/mol. The first-order valence-electron chi connectivity index (χ1n) is 9.39. The Kier molecular flexibility index (Phi) is 7.87. The molecule has 0 saturated carbocycles. The fourth-order valence-electron chi connectivity index (χ4n) is 2.86. The fourth-order valence-corrected chi connectivity index (χ4v) is 2.86. The number of rotatable bonds is 9. The number of para-hydroxylation sites is 1. The SMILES string of the molecule is CCN(CC)CCCNC(=O)c1ccccc1Nc1cccc(C(F)(F)F)c1. The summed E-state index contributed by atoms with van der Waals surface area (Å²) in [5, 5.41) is 5.80. The van der Waals surface area contributed by atoms with Crippen LogP contribution in [0.5, 0.6) is 0 Å². The Morgan fingerprint density at radius 2 is 1.75 bits per heavy atom. The predicted molar refractivity (Wildman–Crippen MR) is 106 cm³/mol. The molecule has 2 N–H and O–H groups in total. The third kappa shape index (κ3) is 6.27. The summed E-state index contributed by atoms with van der Waals surface area (Å²) >= 11 is 0. The van der Waals surface area contributed by atoms with Crippen molar-refractivity contribution >= 4 is 17.3 Å². The number of nitrogens with one attached hydrogen (secondary N) is 2. The quantitative estimate of drug-likeness (QED) is 0.595. The first-order valence-corrected chi connectivity index (χ1v) is 9.39. The summed E-state index contributed by atoms with van der Waals surface area (Å²) in [7, 11) is 0. The second-order valence-corrected chi connectivity index (χ2v) is 6.39. The number of carbonyl (C=O) groups is 1. The van der Waals surface area contributed by atoms with Crippen LogP contribution in [0.2, 0.25) is 0 Å². The van der Waals surface area contributed by atoms with Crippen molar-refractivity contribution in [2.45, 2.75) is 26.4 Å². The third-order valence-corrected chi connectivity index (χ3v) is 4.47. The van der Waals surface area contributed by atoms with E-state index in [1.165, 1.54) is 12.1 Å². The number of nitrogens with zero attached hydrogens (tertiary/aromatic N) is 1. The minimum absolute atomic E-state index is 0.255. The zero-order valence-corrected chi connectivity index (χ0v) is 16.1. The zero-order valence-electron chi connectivity index (χ0n) is 16.1. The zero-order chi connectivity index (χ0) is 20.6. The van der Waals surface area contributed by atoms with Crippen LogP contribution in [0, 0.1) is 0 Å². The molecule has 1 amide bonds. The number of benzene rings is 2. The van der Waals surface area contributed by atoms with Gasteiger partial charge in [0.2, 0.25) is 0 Å². The molecule has 2 aromatic carbocycles. The van der Waals surface area contributed by atoms with Gasteiger partial charge in [0.05, 0.1) is 16.8 Å². The predicted octanol–water partition coefficient (Wildman–Crippen LogP) is 4.91. The lowest BCUT2D eigenvalue weighted by molar-refractivity contribution is -0.137. The Balaban J connectivity index is 2.03. The van der Waals surface area contributed by atoms with E-state index in [9.17, 15) is 18.0 Å². The van der Waals surface area contributed by atoms with Gasteiger partial charge in [0, 0.05) is 12.2 Å². The van der Waals surface area contributed by atoms with Crippen LogP contribution in [-0.2, 0) is 6.18 Å². The smallest absolute Gasteiger partial charge is 0.355 e. The second-order valence-electron chi connectivity index (χ2n) is 6.39. The molecule has 0 atom stereocenters. The lowest BCUT2D eigenvalue weighted by atomic mass is 10.1. The van der Waals surface area contributed by atoms with E-state index in [2.05, 4.69) is 29.4 Å². The molecular formula is C21H26F3N3O. The van der Waals surface area contributed by atoms with Crippen LogP contribution in [0.3, 0.4) is 0 Å². The molecular weight excluding hydrogens is 367 g/mol. The maximum atomic E-state index is 12.9. The van der Waals surface area contributed by atoms with Crippen molar-refractivity contribution in [1.82, 2.24) is 10.2 Å². The molecule has 0 aromatic heterocycles. The average Bonchev–Trinajstić information content (AvgIpc) is 2.68. The molecule has 4 nitrogen and oxygen atoms in total. The molecule has 0 fully saturated rings. The maximum Gasteiger partial charge on any atom is 0.416 e. The highest BCUT2D eigenvalue weighted by molar-refractivity contribution is 6.00. The Hall–Kier alpha value is -2.54. The van der Waals surface area contributed by atoms with Crippen LogP contribution in [0.4, 0.5) is 24.5 Å². The highest BCUT2D eigenvalue weighted by atomic mass is 19.4. The summed E-state index contributed by atoms with van der Waals surface area (Å²) < 4.78 is 38.7. The van der Waals surface area contributed by atoms with Crippen LogP contribution < -0.4 is 10.6 Å². The van der Waals surface area contributed by atoms with Crippen LogP contribution in [-0.4, -0.2) is 37.0 Å². The lowest BCUT2D eigenvalue weighted by Crippen LogP contribution is -2.30. The van der Waals surface area contributed by atoms with Gasteiger partial charge in [-0.25, -0.2) is 0 Å². The number of hydrogen-bond acceptors (Lipinski definition) is 3. The van der Waals surface area contributed by atoms with Gasteiger partial charge in [0.15, 0.2) is 0 Å². The fraction of sp³-hybridized carbons (Fsp3) is 0.381. The Labute approximate surface area is 163 Å². The van der Waals surface area contributed by atoms with Crippen LogP contribution in [0.1, 0.15) is 36.2 Å². The van der Waals surface area contributed by atoms with Gasteiger partial charge in [-0.2, -0.15) is 13.2 Å². The van der Waals surface area contributed by atoms with E-state index >= 15 is 0 Å². The second kappa shape index (κ2) is 10.1. The van der Waals surface area contributed by atoms with Crippen LogP contribution in [0.25, 0.3) is 0 Å². The molecule has 0 unspecified atom stereocenters. The van der Waals surface area contributed by atoms with Gasteiger partial charge in [0.1, 0.15) is 0 Å². The van der Waals surface area contributed by atoms with Gasteiger partial charge < -0.3 is 15.5 Å². The van der Waals surface area contributed by atoms with E-state index in [1.807, 2.05) is 0 Å². The van der Waals surface area contributed by atoms with Crippen molar-refractivity contribution in [3.05, 3.63) is 59.7 Å². The molecule has 7 heteroatoms. The molecule has 0 spiro atoms. The Bertz CT molecular complexity index is 773. The van der Waals surface area contributed by atoms with Gasteiger partial charge in [-0.1, -0.05) is 32.0 Å². The van der Waals surface area contributed by atoms with Gasteiger partial charge >= 0.3 is 6.18 Å². The minimum Gasteiger partial charge on any atom is -0.355 e. The molecule has 0 aliphatic carbocycles. The summed E-state index contributed by atoms with van der Waals surface area (Å²) in [6, 6.07) is 11.7. The molecule has 2 aromatic rings. The standard InChI is InChI=1S/C21H26F3N3O/c1-3-27(4-2)14-8-13-25-20(28)18-11-5-6-12-19(18)26-17-10-7-9-16(15-17)21(22,23)24/h5-7,9-12,15,26H,3-4,8,13-14H2,1-2H3,(H,25,28). The largest absolute Gasteiger partial charge is 0.416 e. The van der Waals surface area contributed by atoms with Gasteiger partial charge in [-0.15, -0.1) is 0 Å². The lowest BCUT2D eigenvalue weighted by Gasteiger charge is -2.18. The van der Waals surface area contributed by atoms with E-state index < -0.39 is 11.7 Å². The summed E-state index contributed by atoms with van der Waals surface area (Å²) in [5.41, 5.74) is 0.387. The number of amides is 1. The normalized spacial score (nSPS) is 11.5. The molecule has 2 rings (SSSR count). The minimum atomic E-state index is -4.42. The number of anilines is 2. The molecule has 0 heterocycles. The third-order valence-electron chi connectivity index (χ3n) is 4.47. The summed E-state index contributed by atoms with van der Waals surface area (Å²) in [6.45, 7) is 7.56. The van der Waals surface area contributed by atoms with Gasteiger partial charge in [0.25, 0.3) is 5.91 Å². The highest BCUT2D eigenvalue weighted by Crippen LogP contribution is 2.31. The molecule has 0 aliphatic rings. The molecule has 0 saturated heterocycles. The van der Waals surface area contributed by atoms with Crippen molar-refractivity contribution < 1.29 is 18.0 Å². The van der Waals surface area contributed by atoms with E-state index in [0.29, 0.717) is 17.8 Å². The summed E-state index contributed by atoms with van der Waals surface area (Å²) in [6.07, 6.45) is -3.59. The van der Waals surface area contributed by atoms with Gasteiger partial charge in [-0.05, 0) is 56.4 Å². The van der Waals surface area contributed by atoms with Crippen molar-refractivity contribution in [2.24, 2.45) is 0 Å². The van der Waals surface area contributed by atoms with Crippen molar-refractivity contribution in [2.75, 3.05) is 31.5 Å². The molecule has 0 radical (unpaired) electrons. The van der Waals surface area contributed by atoms with Crippen molar-refractivity contribution in [3.8, 4) is 0 Å². The Morgan fingerprint density at radius 3 is 2.43 bits per heavy atom. The van der Waals surface area contributed by atoms with E-state index in [-0.39, 0.29) is 11.6 Å². The first-order chi connectivity index (χ1) is 13.3. The van der Waals surface area contributed by atoms with E-state index in [0.717, 1.165) is 38.2 Å². The topological polar surface area (TPSA) is 44.4 Å². The summed E-state index contributed by atoms with van der Waals surface area (Å²) in [5.74, 6) is -0.255. The monoisotopic (exact) mass is 393 g/mol. The number of carbonyl (C=O) groups excluding carboxylic acids is 1. The molecule has 0 bridgehead atoms. The van der Waals surface area contributed by atoms with Crippen molar-refractivity contribution in [1.29, 1.82) is 0 Å². The Morgan fingerprint density at radius 1 is 1.04 bits per heavy atom. The maximum absolute atomic E-state index is 12.9. The first kappa shape index (κ1) is 21.8. The van der Waals surface area contributed by atoms with Crippen LogP contribution in [0.15, 0.2) is 48.5 Å². The summed E-state index contributed by atoms with van der Waals surface area (Å²) in [4.78, 5) is 14.8. The highest BCUT2D eigenvalue weighted by Gasteiger charge is 2.30. The number of alkyl halides is 3.